The SMILES string of the molecule is CCc1sc(/C=N\Nc2ccccc2C)cc1Br. The van der Waals surface area contributed by atoms with Gasteiger partial charge in [0.25, 0.3) is 0 Å². The zero-order valence-corrected chi connectivity index (χ0v) is 12.8. The molecule has 0 bridgehead atoms. The predicted octanol–water partition coefficient (Wildman–Crippen LogP) is 4.83. The van der Waals surface area contributed by atoms with Crippen LogP contribution in [0.2, 0.25) is 0 Å². The third-order valence-electron chi connectivity index (χ3n) is 2.62. The highest BCUT2D eigenvalue weighted by atomic mass is 79.9. The molecule has 0 aliphatic heterocycles. The van der Waals surface area contributed by atoms with Crippen molar-refractivity contribution in [1.82, 2.24) is 0 Å². The Hall–Kier alpha value is -1.13. The van der Waals surface area contributed by atoms with Crippen molar-refractivity contribution in [2.45, 2.75) is 20.3 Å². The van der Waals surface area contributed by atoms with Gasteiger partial charge in [0.15, 0.2) is 0 Å². The summed E-state index contributed by atoms with van der Waals surface area (Å²) in [6, 6.07) is 10.2. The molecule has 18 heavy (non-hydrogen) atoms. The minimum atomic E-state index is 1.04. The maximum atomic E-state index is 4.28. The van der Waals surface area contributed by atoms with Crippen molar-refractivity contribution in [3.05, 3.63) is 50.1 Å². The standard InChI is InChI=1S/C14H15BrN2S/c1-3-14-12(15)8-11(18-14)9-16-17-13-7-5-4-6-10(13)2/h4-9,17H,3H2,1-2H3/b16-9-. The molecular formula is C14H15BrN2S. The first-order chi connectivity index (χ1) is 8.70. The van der Waals surface area contributed by atoms with E-state index in [0.717, 1.165) is 17.0 Å². The van der Waals surface area contributed by atoms with Crippen LogP contribution >= 0.6 is 27.3 Å². The number of hydrogen-bond acceptors (Lipinski definition) is 3. The highest BCUT2D eigenvalue weighted by molar-refractivity contribution is 9.10. The lowest BCUT2D eigenvalue weighted by molar-refractivity contribution is 1.18. The fraction of sp³-hybridized carbons (Fsp3) is 0.214. The number of nitrogens with one attached hydrogen (secondary N) is 1. The number of hydrogen-bond donors (Lipinski definition) is 1. The Morgan fingerprint density at radius 3 is 2.83 bits per heavy atom. The van der Waals surface area contributed by atoms with Gasteiger partial charge in [-0.3, -0.25) is 5.43 Å². The molecule has 0 spiro atoms. The van der Waals surface area contributed by atoms with Crippen LogP contribution in [0, 0.1) is 6.92 Å². The number of aryl methyl sites for hydroxylation is 2. The molecule has 2 nitrogen and oxygen atoms in total. The predicted molar refractivity (Wildman–Crippen MR) is 83.8 cm³/mol. The molecular weight excluding hydrogens is 308 g/mol. The van der Waals surface area contributed by atoms with E-state index in [1.165, 1.54) is 14.9 Å². The quantitative estimate of drug-likeness (QED) is 0.633. The number of rotatable bonds is 4. The fourth-order valence-electron chi connectivity index (χ4n) is 1.59. The molecule has 0 saturated carbocycles. The molecule has 0 aliphatic carbocycles. The molecule has 1 aromatic carbocycles. The van der Waals surface area contributed by atoms with Gasteiger partial charge < -0.3 is 0 Å². The van der Waals surface area contributed by atoms with E-state index < -0.39 is 0 Å². The largest absolute Gasteiger partial charge is 0.278 e. The minimum absolute atomic E-state index is 1.04. The summed E-state index contributed by atoms with van der Waals surface area (Å²) in [5.41, 5.74) is 5.30. The van der Waals surface area contributed by atoms with Crippen LogP contribution in [0.15, 0.2) is 39.9 Å². The van der Waals surface area contributed by atoms with Crippen LogP contribution < -0.4 is 5.43 Å². The van der Waals surface area contributed by atoms with Gasteiger partial charge in [0.1, 0.15) is 0 Å². The van der Waals surface area contributed by atoms with Gasteiger partial charge in [-0.15, -0.1) is 11.3 Å². The van der Waals surface area contributed by atoms with Crippen molar-refractivity contribution in [2.75, 3.05) is 5.43 Å². The minimum Gasteiger partial charge on any atom is -0.278 e. The van der Waals surface area contributed by atoms with Crippen LogP contribution in [0.4, 0.5) is 5.69 Å². The Kier molecular flexibility index (Phi) is 4.55. The van der Waals surface area contributed by atoms with Crippen LogP contribution in [-0.2, 0) is 6.42 Å². The van der Waals surface area contributed by atoms with Gasteiger partial charge in [-0.2, -0.15) is 5.10 Å². The van der Waals surface area contributed by atoms with Gasteiger partial charge in [0.2, 0.25) is 0 Å². The Morgan fingerprint density at radius 2 is 2.17 bits per heavy atom. The summed E-state index contributed by atoms with van der Waals surface area (Å²) in [4.78, 5) is 2.51. The van der Waals surface area contributed by atoms with Gasteiger partial charge in [-0.1, -0.05) is 25.1 Å². The zero-order chi connectivity index (χ0) is 13.0. The van der Waals surface area contributed by atoms with Crippen molar-refractivity contribution in [2.24, 2.45) is 5.10 Å². The van der Waals surface area contributed by atoms with Crippen molar-refractivity contribution in [3.8, 4) is 0 Å². The lowest BCUT2D eigenvalue weighted by atomic mass is 10.2. The molecule has 1 heterocycles. The zero-order valence-electron chi connectivity index (χ0n) is 10.4. The molecule has 0 radical (unpaired) electrons. The van der Waals surface area contributed by atoms with E-state index >= 15 is 0 Å². The molecule has 0 aliphatic rings. The summed E-state index contributed by atoms with van der Waals surface area (Å²) >= 11 is 5.32. The van der Waals surface area contributed by atoms with Gasteiger partial charge in [-0.25, -0.2) is 0 Å². The highest BCUT2D eigenvalue weighted by Gasteiger charge is 2.02. The van der Waals surface area contributed by atoms with E-state index in [4.69, 9.17) is 0 Å². The maximum Gasteiger partial charge on any atom is 0.0645 e. The first kappa shape index (κ1) is 13.3. The average molecular weight is 323 g/mol. The molecule has 2 aromatic rings. The molecule has 1 aromatic heterocycles. The molecule has 94 valence electrons. The highest BCUT2D eigenvalue weighted by Crippen LogP contribution is 2.26. The summed E-state index contributed by atoms with van der Waals surface area (Å²) in [7, 11) is 0. The molecule has 0 atom stereocenters. The van der Waals surface area contributed by atoms with Crippen LogP contribution in [0.3, 0.4) is 0 Å². The lowest BCUT2D eigenvalue weighted by Crippen LogP contribution is -1.91. The van der Waals surface area contributed by atoms with Crippen LogP contribution in [0.25, 0.3) is 0 Å². The number of nitrogens with zero attached hydrogens (tertiary/aromatic N) is 1. The van der Waals surface area contributed by atoms with Crippen LogP contribution in [0.5, 0.6) is 0 Å². The first-order valence-electron chi connectivity index (χ1n) is 5.83. The normalized spacial score (nSPS) is 11.1. The molecule has 0 saturated heterocycles. The average Bonchev–Trinajstić information content (AvgIpc) is 2.72. The lowest BCUT2D eigenvalue weighted by Gasteiger charge is -2.02. The number of para-hydroxylation sites is 1. The molecule has 2 rings (SSSR count). The number of anilines is 1. The second-order valence-corrected chi connectivity index (χ2v) is 5.98. The summed E-state index contributed by atoms with van der Waals surface area (Å²) in [5.74, 6) is 0. The van der Waals surface area contributed by atoms with Crippen LogP contribution in [-0.4, -0.2) is 6.21 Å². The molecule has 0 unspecified atom stereocenters. The van der Waals surface area contributed by atoms with E-state index in [1.54, 1.807) is 11.3 Å². The van der Waals surface area contributed by atoms with E-state index in [9.17, 15) is 0 Å². The number of halogens is 1. The monoisotopic (exact) mass is 322 g/mol. The molecule has 4 heteroatoms. The van der Waals surface area contributed by atoms with Crippen molar-refractivity contribution < 1.29 is 0 Å². The second kappa shape index (κ2) is 6.16. The summed E-state index contributed by atoms with van der Waals surface area (Å²) < 4.78 is 1.17. The summed E-state index contributed by atoms with van der Waals surface area (Å²) in [5, 5.41) is 4.28. The van der Waals surface area contributed by atoms with E-state index in [0.29, 0.717) is 0 Å². The van der Waals surface area contributed by atoms with E-state index in [1.807, 2.05) is 24.4 Å². The van der Waals surface area contributed by atoms with Gasteiger partial charge in [-0.05, 0) is 47.0 Å². The Balaban J connectivity index is 2.05. The van der Waals surface area contributed by atoms with Gasteiger partial charge >= 0.3 is 0 Å². The first-order valence-corrected chi connectivity index (χ1v) is 7.44. The van der Waals surface area contributed by atoms with Gasteiger partial charge in [0.05, 0.1) is 11.9 Å². The number of hydrazone groups is 1. The summed E-state index contributed by atoms with van der Waals surface area (Å²) in [6.07, 6.45) is 2.91. The summed E-state index contributed by atoms with van der Waals surface area (Å²) in [6.45, 7) is 4.22. The van der Waals surface area contributed by atoms with Crippen molar-refractivity contribution in [3.63, 3.8) is 0 Å². The smallest absolute Gasteiger partial charge is 0.0645 e. The Labute approximate surface area is 120 Å². The van der Waals surface area contributed by atoms with E-state index in [-0.39, 0.29) is 0 Å². The maximum absolute atomic E-state index is 4.28. The third-order valence-corrected chi connectivity index (χ3v) is 4.80. The van der Waals surface area contributed by atoms with E-state index in [2.05, 4.69) is 52.4 Å². The number of thiophene rings is 1. The van der Waals surface area contributed by atoms with Crippen LogP contribution in [0.1, 0.15) is 22.2 Å². The van der Waals surface area contributed by atoms with Gasteiger partial charge in [0, 0.05) is 14.2 Å². The molecule has 0 fully saturated rings. The van der Waals surface area contributed by atoms with Crippen molar-refractivity contribution >= 4 is 39.2 Å². The molecule has 0 amide bonds. The fourth-order valence-corrected chi connectivity index (χ4v) is 3.38. The third kappa shape index (κ3) is 3.21. The number of benzene rings is 1. The molecule has 1 N–H and O–H groups in total. The Bertz CT molecular complexity index is 561. The topological polar surface area (TPSA) is 24.4 Å². The Morgan fingerprint density at radius 1 is 1.39 bits per heavy atom. The van der Waals surface area contributed by atoms with Crippen molar-refractivity contribution in [1.29, 1.82) is 0 Å². The second-order valence-electron chi connectivity index (χ2n) is 3.96.